The molecule has 0 saturated carbocycles. The van der Waals surface area contributed by atoms with E-state index < -0.39 is 15.8 Å². The SMILES string of the molecule is Cc1ccc2c([AsH]c3cc([N+](=O)[O-])ccc3Sc3ccc(O)cc3)ncnc2n1. The first-order valence-corrected chi connectivity index (χ1v) is 11.5. The molecule has 0 saturated heterocycles. The average molecular weight is 466 g/mol. The molecule has 0 bridgehead atoms. The maximum atomic E-state index is 11.3. The number of hydrogen-bond acceptors (Lipinski definition) is 7. The van der Waals surface area contributed by atoms with Crippen LogP contribution in [0.25, 0.3) is 11.0 Å². The molecule has 0 aliphatic rings. The van der Waals surface area contributed by atoms with Gasteiger partial charge in [-0.2, -0.15) is 0 Å². The van der Waals surface area contributed by atoms with Crippen molar-refractivity contribution in [1.82, 2.24) is 15.0 Å². The van der Waals surface area contributed by atoms with Crippen LogP contribution in [0.15, 0.2) is 70.7 Å². The van der Waals surface area contributed by atoms with Crippen LogP contribution < -0.4 is 8.83 Å². The summed E-state index contributed by atoms with van der Waals surface area (Å²) in [4.78, 5) is 26.0. The molecule has 1 unspecified atom stereocenters. The number of nitrogens with zero attached hydrogens (tertiary/aromatic N) is 4. The van der Waals surface area contributed by atoms with Gasteiger partial charge in [0.25, 0.3) is 0 Å². The summed E-state index contributed by atoms with van der Waals surface area (Å²) in [5, 5.41) is 21.7. The molecule has 4 aromatic rings. The van der Waals surface area contributed by atoms with Gasteiger partial charge in [-0.3, -0.25) is 0 Å². The van der Waals surface area contributed by atoms with Gasteiger partial charge in [0.1, 0.15) is 0 Å². The van der Waals surface area contributed by atoms with Gasteiger partial charge < -0.3 is 0 Å². The van der Waals surface area contributed by atoms with Crippen molar-refractivity contribution >= 4 is 53.1 Å². The number of aryl methyl sites for hydroxylation is 1. The van der Waals surface area contributed by atoms with Crippen LogP contribution in [0.4, 0.5) is 5.69 Å². The molecular weight excluding hydrogens is 451 g/mol. The Bertz CT molecular complexity index is 1220. The van der Waals surface area contributed by atoms with E-state index in [1.807, 2.05) is 31.2 Å². The first-order chi connectivity index (χ1) is 14.0. The molecule has 144 valence electrons. The molecule has 0 aliphatic heterocycles. The molecule has 2 heterocycles. The van der Waals surface area contributed by atoms with Crippen molar-refractivity contribution in [1.29, 1.82) is 0 Å². The van der Waals surface area contributed by atoms with Crippen LogP contribution >= 0.6 is 11.8 Å². The van der Waals surface area contributed by atoms with Crippen LogP contribution in [-0.2, 0) is 0 Å². The van der Waals surface area contributed by atoms with Crippen LogP contribution in [0.1, 0.15) is 5.69 Å². The number of benzene rings is 2. The predicted molar refractivity (Wildman–Crippen MR) is 114 cm³/mol. The second-order valence-electron chi connectivity index (χ2n) is 6.20. The van der Waals surface area contributed by atoms with Gasteiger partial charge in [-0.15, -0.1) is 0 Å². The summed E-state index contributed by atoms with van der Waals surface area (Å²) in [5.74, 6) is 0.196. The van der Waals surface area contributed by atoms with E-state index in [2.05, 4.69) is 15.0 Å². The first-order valence-electron chi connectivity index (χ1n) is 8.60. The number of fused-ring (bicyclic) bond motifs is 1. The zero-order chi connectivity index (χ0) is 20.4. The third-order valence-electron chi connectivity index (χ3n) is 4.13. The third kappa shape index (κ3) is 4.39. The van der Waals surface area contributed by atoms with E-state index in [0.29, 0.717) is 5.65 Å². The van der Waals surface area contributed by atoms with Crippen LogP contribution in [0.5, 0.6) is 5.75 Å². The number of nitro benzene ring substituents is 1. The Morgan fingerprint density at radius 1 is 1.07 bits per heavy atom. The summed E-state index contributed by atoms with van der Waals surface area (Å²) >= 11 is 0.524. The van der Waals surface area contributed by atoms with E-state index in [1.165, 1.54) is 24.2 Å². The standard InChI is InChI=1S/C20H15AsN4O3S/c1-12-2-8-16-19(22-11-23-20(16)24-12)21-17-10-13(25(27)28)3-9-18(17)29-15-6-4-14(26)5-7-15/h2-11,21,26H,1H3. The number of aromatic nitrogens is 3. The van der Waals surface area contributed by atoms with Crippen LogP contribution in [-0.4, -0.2) is 40.7 Å². The van der Waals surface area contributed by atoms with Crippen LogP contribution in [0.3, 0.4) is 0 Å². The Labute approximate surface area is 177 Å². The number of aromatic hydroxyl groups is 1. The van der Waals surface area contributed by atoms with Crippen molar-refractivity contribution < 1.29 is 10.0 Å². The molecule has 29 heavy (non-hydrogen) atoms. The summed E-state index contributed by atoms with van der Waals surface area (Å²) in [5.41, 5.74) is 1.57. The molecule has 0 aliphatic carbocycles. The van der Waals surface area contributed by atoms with E-state index in [9.17, 15) is 15.2 Å². The molecule has 0 fully saturated rings. The zero-order valence-electron chi connectivity index (χ0n) is 15.2. The Morgan fingerprint density at radius 3 is 2.62 bits per heavy atom. The van der Waals surface area contributed by atoms with Gasteiger partial charge in [-0.05, 0) is 0 Å². The van der Waals surface area contributed by atoms with Gasteiger partial charge in [-0.1, -0.05) is 0 Å². The van der Waals surface area contributed by atoms with Crippen molar-refractivity contribution in [2.24, 2.45) is 0 Å². The summed E-state index contributed by atoms with van der Waals surface area (Å²) in [6.07, 6.45) is 1.50. The minimum absolute atomic E-state index is 0.0612. The number of phenols is 1. The van der Waals surface area contributed by atoms with E-state index >= 15 is 0 Å². The molecule has 0 radical (unpaired) electrons. The van der Waals surface area contributed by atoms with Gasteiger partial charge in [0.2, 0.25) is 0 Å². The number of rotatable bonds is 5. The molecule has 2 aromatic heterocycles. The topological polar surface area (TPSA) is 102 Å². The molecular formula is C20H15AsN4O3S. The van der Waals surface area contributed by atoms with Crippen LogP contribution in [0, 0.1) is 17.0 Å². The number of nitro groups is 1. The van der Waals surface area contributed by atoms with Gasteiger partial charge in [0, 0.05) is 0 Å². The van der Waals surface area contributed by atoms with Crippen molar-refractivity contribution in [2.45, 2.75) is 16.7 Å². The number of hydrogen-bond donors (Lipinski definition) is 1. The Morgan fingerprint density at radius 2 is 1.86 bits per heavy atom. The molecule has 2 aromatic carbocycles. The van der Waals surface area contributed by atoms with Gasteiger partial charge in [0.05, 0.1) is 0 Å². The maximum absolute atomic E-state index is 11.3. The molecule has 9 heteroatoms. The van der Waals surface area contributed by atoms with E-state index in [0.717, 1.165) is 29.7 Å². The molecule has 7 nitrogen and oxygen atoms in total. The Balaban J connectivity index is 1.76. The van der Waals surface area contributed by atoms with Crippen molar-refractivity contribution in [3.63, 3.8) is 0 Å². The quantitative estimate of drug-likeness (QED) is 0.274. The third-order valence-corrected chi connectivity index (χ3v) is 8.36. The fourth-order valence-electron chi connectivity index (χ4n) is 2.72. The molecule has 4 rings (SSSR count). The monoisotopic (exact) mass is 466 g/mol. The summed E-state index contributed by atoms with van der Waals surface area (Å²) in [6, 6.07) is 15.7. The molecule has 1 atom stereocenters. The van der Waals surface area contributed by atoms with Gasteiger partial charge >= 0.3 is 177 Å². The second-order valence-corrected chi connectivity index (χ2v) is 9.97. The van der Waals surface area contributed by atoms with Crippen molar-refractivity contribution in [3.05, 3.63) is 76.7 Å². The molecule has 0 spiro atoms. The van der Waals surface area contributed by atoms with Crippen molar-refractivity contribution in [2.75, 3.05) is 0 Å². The number of phenolic OH excluding ortho intramolecular Hbond substituents is 1. The van der Waals surface area contributed by atoms with Gasteiger partial charge in [0.15, 0.2) is 0 Å². The zero-order valence-corrected chi connectivity index (χ0v) is 18.1. The average Bonchev–Trinajstić information content (AvgIpc) is 2.70. The summed E-state index contributed by atoms with van der Waals surface area (Å²) in [6.45, 7) is 1.91. The number of pyridine rings is 1. The van der Waals surface area contributed by atoms with Crippen LogP contribution in [0.2, 0.25) is 0 Å². The van der Waals surface area contributed by atoms with Gasteiger partial charge in [-0.25, -0.2) is 0 Å². The molecule has 0 amide bonds. The first kappa shape index (κ1) is 19.4. The summed E-state index contributed by atoms with van der Waals surface area (Å²) < 4.78 is 1.80. The van der Waals surface area contributed by atoms with E-state index in [1.54, 1.807) is 24.3 Å². The summed E-state index contributed by atoms with van der Waals surface area (Å²) in [7, 11) is 0. The Kier molecular flexibility index (Phi) is 5.47. The molecule has 1 N–H and O–H groups in total. The van der Waals surface area contributed by atoms with Crippen molar-refractivity contribution in [3.8, 4) is 5.75 Å². The van der Waals surface area contributed by atoms with E-state index in [-0.39, 0.29) is 16.4 Å². The predicted octanol–water partition coefficient (Wildman–Crippen LogP) is 2.49. The Hall–Kier alpha value is -2.96. The second kappa shape index (κ2) is 8.19. The fourth-order valence-corrected chi connectivity index (χ4v) is 6.52. The van der Waals surface area contributed by atoms with E-state index in [4.69, 9.17) is 0 Å². The fraction of sp³-hybridized carbons (Fsp3) is 0.0500. The minimum atomic E-state index is -0.985. The normalized spacial score (nSPS) is 11.3. The number of non-ortho nitro benzene ring substituents is 1.